The van der Waals surface area contributed by atoms with Crippen molar-refractivity contribution in [2.75, 3.05) is 18.0 Å². The number of nitrogens with zero attached hydrogens (tertiary/aromatic N) is 4. The Morgan fingerprint density at radius 1 is 1.16 bits per heavy atom. The molecular weight excluding hydrogens is 404 g/mol. The summed E-state index contributed by atoms with van der Waals surface area (Å²) in [7, 11) is 0. The Kier molecular flexibility index (Phi) is 6.72. The molecular formula is C24H24N6O2. The summed E-state index contributed by atoms with van der Waals surface area (Å²) in [6.07, 6.45) is 5.05. The highest BCUT2D eigenvalue weighted by Gasteiger charge is 2.15. The first-order chi connectivity index (χ1) is 15.7. The second-order valence-electron chi connectivity index (χ2n) is 7.16. The summed E-state index contributed by atoms with van der Waals surface area (Å²) in [5.74, 6) is 0.687. The minimum absolute atomic E-state index is 0.0733. The fraction of sp³-hybridized carbons (Fsp3) is 0.167. The van der Waals surface area contributed by atoms with Crippen LogP contribution in [0.15, 0.2) is 78.3 Å². The average molecular weight is 428 g/mol. The molecule has 1 amide bonds. The second-order valence-corrected chi connectivity index (χ2v) is 7.16. The summed E-state index contributed by atoms with van der Waals surface area (Å²) in [6, 6.07) is 19.7. The number of H-pyrrole nitrogens is 1. The molecule has 0 aliphatic heterocycles. The number of carbonyl (C=O) groups is 1. The van der Waals surface area contributed by atoms with E-state index in [2.05, 4.69) is 30.3 Å². The van der Waals surface area contributed by atoms with Crippen molar-refractivity contribution in [3.05, 3.63) is 84.3 Å². The van der Waals surface area contributed by atoms with Crippen LogP contribution < -0.4 is 10.2 Å². The van der Waals surface area contributed by atoms with Crippen molar-refractivity contribution in [2.45, 2.75) is 13.5 Å². The van der Waals surface area contributed by atoms with Crippen molar-refractivity contribution >= 4 is 34.7 Å². The summed E-state index contributed by atoms with van der Waals surface area (Å²) in [4.78, 5) is 30.8. The molecule has 0 aliphatic carbocycles. The number of benzene rings is 2. The van der Waals surface area contributed by atoms with Crippen LogP contribution in [-0.4, -0.2) is 40.2 Å². The molecule has 32 heavy (non-hydrogen) atoms. The predicted octanol–water partition coefficient (Wildman–Crippen LogP) is 3.78. The number of oxime groups is 1. The van der Waals surface area contributed by atoms with Gasteiger partial charge in [0.2, 0.25) is 5.91 Å². The third-order valence-corrected chi connectivity index (χ3v) is 4.83. The molecule has 0 saturated heterocycles. The van der Waals surface area contributed by atoms with Gasteiger partial charge in [-0.05, 0) is 29.3 Å². The van der Waals surface area contributed by atoms with Crippen molar-refractivity contribution in [2.24, 2.45) is 5.16 Å². The molecule has 8 heteroatoms. The second kappa shape index (κ2) is 10.2. The van der Waals surface area contributed by atoms with E-state index >= 15 is 0 Å². The average Bonchev–Trinajstić information content (AvgIpc) is 3.30. The molecule has 0 radical (unpaired) electrons. The lowest BCUT2D eigenvalue weighted by Crippen LogP contribution is -2.31. The topological polar surface area (TPSA) is 95.5 Å². The fourth-order valence-electron chi connectivity index (χ4n) is 3.33. The van der Waals surface area contributed by atoms with Gasteiger partial charge >= 0.3 is 0 Å². The van der Waals surface area contributed by atoms with Crippen molar-refractivity contribution in [3.8, 4) is 0 Å². The van der Waals surface area contributed by atoms with E-state index in [1.165, 1.54) is 13.3 Å². The van der Waals surface area contributed by atoms with E-state index in [0.29, 0.717) is 19.7 Å². The minimum Gasteiger partial charge on any atom is -0.391 e. The van der Waals surface area contributed by atoms with E-state index in [1.54, 1.807) is 6.21 Å². The number of rotatable bonds is 9. The van der Waals surface area contributed by atoms with E-state index in [1.807, 2.05) is 66.9 Å². The van der Waals surface area contributed by atoms with Crippen molar-refractivity contribution in [1.82, 2.24) is 20.3 Å². The third-order valence-electron chi connectivity index (χ3n) is 4.83. The summed E-state index contributed by atoms with van der Waals surface area (Å²) < 4.78 is 0. The number of hydrogen-bond acceptors (Lipinski definition) is 6. The van der Waals surface area contributed by atoms with Crippen molar-refractivity contribution < 1.29 is 9.63 Å². The Bertz CT molecular complexity index is 1210. The van der Waals surface area contributed by atoms with E-state index in [0.717, 1.165) is 33.7 Å². The summed E-state index contributed by atoms with van der Waals surface area (Å²) in [5.41, 5.74) is 3.62. The first-order valence-corrected chi connectivity index (χ1v) is 10.3. The summed E-state index contributed by atoms with van der Waals surface area (Å²) in [6.45, 7) is 2.93. The van der Waals surface area contributed by atoms with Gasteiger partial charge in [0.25, 0.3) is 0 Å². The van der Waals surface area contributed by atoms with Crippen LogP contribution in [0.2, 0.25) is 0 Å². The molecule has 4 rings (SSSR count). The van der Waals surface area contributed by atoms with Gasteiger partial charge in [0.1, 0.15) is 24.4 Å². The van der Waals surface area contributed by atoms with Gasteiger partial charge in [-0.1, -0.05) is 47.6 Å². The molecule has 0 bridgehead atoms. The van der Waals surface area contributed by atoms with Gasteiger partial charge in [0, 0.05) is 31.9 Å². The Labute approximate surface area is 185 Å². The van der Waals surface area contributed by atoms with Crippen LogP contribution in [0, 0.1) is 0 Å². The maximum absolute atomic E-state index is 11.4. The fourth-order valence-corrected chi connectivity index (χ4v) is 3.33. The number of nitrogens with one attached hydrogen (secondary N) is 2. The zero-order chi connectivity index (χ0) is 22.2. The molecule has 2 aromatic heterocycles. The monoisotopic (exact) mass is 428 g/mol. The van der Waals surface area contributed by atoms with E-state index in [-0.39, 0.29) is 5.91 Å². The molecule has 0 saturated carbocycles. The zero-order valence-electron chi connectivity index (χ0n) is 17.7. The molecule has 0 atom stereocenters. The lowest BCUT2D eigenvalue weighted by molar-refractivity contribution is -0.118. The smallest absolute Gasteiger partial charge is 0.216 e. The molecule has 2 heterocycles. The quantitative estimate of drug-likeness (QED) is 0.312. The summed E-state index contributed by atoms with van der Waals surface area (Å²) in [5, 5.41) is 7.86. The van der Waals surface area contributed by atoms with E-state index < -0.39 is 0 Å². The van der Waals surface area contributed by atoms with Crippen LogP contribution in [0.5, 0.6) is 0 Å². The minimum atomic E-state index is -0.0733. The SMILES string of the molecule is CC(=O)NCCN(c1cccc(C=NOCc2ccccc2)c1)c1ncnc2[nH]ccc12. The van der Waals surface area contributed by atoms with Crippen LogP contribution in [-0.2, 0) is 16.2 Å². The largest absolute Gasteiger partial charge is 0.391 e. The summed E-state index contributed by atoms with van der Waals surface area (Å²) >= 11 is 0. The highest BCUT2D eigenvalue weighted by atomic mass is 16.6. The predicted molar refractivity (Wildman–Crippen MR) is 125 cm³/mol. The third kappa shape index (κ3) is 5.28. The molecule has 0 aliphatic rings. The lowest BCUT2D eigenvalue weighted by Gasteiger charge is -2.24. The number of amides is 1. The van der Waals surface area contributed by atoms with Gasteiger partial charge in [-0.25, -0.2) is 9.97 Å². The maximum atomic E-state index is 11.4. The molecule has 0 unspecified atom stereocenters. The van der Waals surface area contributed by atoms with Crippen LogP contribution >= 0.6 is 0 Å². The molecule has 2 aromatic carbocycles. The Morgan fingerprint density at radius 2 is 2.03 bits per heavy atom. The molecule has 8 nitrogen and oxygen atoms in total. The van der Waals surface area contributed by atoms with Gasteiger partial charge in [-0.15, -0.1) is 0 Å². The molecule has 162 valence electrons. The van der Waals surface area contributed by atoms with Crippen LogP contribution in [0.25, 0.3) is 11.0 Å². The van der Waals surface area contributed by atoms with E-state index in [9.17, 15) is 4.79 Å². The highest BCUT2D eigenvalue weighted by molar-refractivity contribution is 5.90. The van der Waals surface area contributed by atoms with Crippen molar-refractivity contribution in [3.63, 3.8) is 0 Å². The van der Waals surface area contributed by atoms with Gasteiger partial charge in [-0.3, -0.25) is 4.79 Å². The standard InChI is InChI=1S/C24H24N6O2/c1-18(31)25-12-13-30(24-22-10-11-26-23(22)27-17-28-24)21-9-5-8-20(14-21)15-29-32-16-19-6-3-2-4-7-19/h2-11,14-15,17H,12-13,16H2,1H3,(H,25,31)(H,26,27,28). The maximum Gasteiger partial charge on any atom is 0.216 e. The first-order valence-electron chi connectivity index (χ1n) is 10.3. The zero-order valence-corrected chi connectivity index (χ0v) is 17.7. The number of carbonyl (C=O) groups excluding carboxylic acids is 1. The van der Waals surface area contributed by atoms with Crippen molar-refractivity contribution in [1.29, 1.82) is 0 Å². The highest BCUT2D eigenvalue weighted by Crippen LogP contribution is 2.29. The Hall–Kier alpha value is -4.20. The molecule has 0 fully saturated rings. The number of aromatic nitrogens is 3. The first kappa shape index (κ1) is 21.0. The van der Waals surface area contributed by atoms with Crippen LogP contribution in [0.1, 0.15) is 18.1 Å². The van der Waals surface area contributed by atoms with Gasteiger partial charge < -0.3 is 20.0 Å². The van der Waals surface area contributed by atoms with Gasteiger partial charge in [0.15, 0.2) is 0 Å². The van der Waals surface area contributed by atoms with Gasteiger partial charge in [0.05, 0.1) is 11.6 Å². The van der Waals surface area contributed by atoms with Gasteiger partial charge in [-0.2, -0.15) is 0 Å². The normalized spacial score (nSPS) is 11.0. The Morgan fingerprint density at radius 3 is 2.88 bits per heavy atom. The molecule has 0 spiro atoms. The number of hydrogen-bond donors (Lipinski definition) is 2. The molecule has 2 N–H and O–H groups in total. The van der Waals surface area contributed by atoms with Crippen LogP contribution in [0.3, 0.4) is 0 Å². The molecule has 4 aromatic rings. The lowest BCUT2D eigenvalue weighted by atomic mass is 10.2. The number of aromatic amines is 1. The van der Waals surface area contributed by atoms with E-state index in [4.69, 9.17) is 4.84 Å². The number of anilines is 2. The van der Waals surface area contributed by atoms with Crippen LogP contribution in [0.4, 0.5) is 11.5 Å². The Balaban J connectivity index is 1.55. The number of fused-ring (bicyclic) bond motifs is 1.